The molecule has 1 aliphatic heterocycles. The Morgan fingerprint density at radius 2 is 1.79 bits per heavy atom. The molecule has 5 heteroatoms. The number of carbonyl (C=O) groups excluding carboxylic acids is 1. The van der Waals surface area contributed by atoms with E-state index in [1.165, 1.54) is 25.8 Å². The minimum atomic E-state index is 0.197. The number of rotatable bonds is 6. The van der Waals surface area contributed by atoms with Crippen LogP contribution in [0, 0.1) is 11.8 Å². The van der Waals surface area contributed by atoms with Crippen LogP contribution >= 0.6 is 0 Å². The van der Waals surface area contributed by atoms with Crippen molar-refractivity contribution in [2.45, 2.75) is 51.0 Å². The van der Waals surface area contributed by atoms with E-state index in [-0.39, 0.29) is 11.8 Å². The summed E-state index contributed by atoms with van der Waals surface area (Å²) in [6.45, 7) is 5.64. The smallest absolute Gasteiger partial charge is 0.223 e. The van der Waals surface area contributed by atoms with Crippen LogP contribution in [-0.2, 0) is 4.79 Å². The van der Waals surface area contributed by atoms with Gasteiger partial charge < -0.3 is 10.2 Å². The number of hydrogen-bond donors (Lipinski definition) is 1. The Morgan fingerprint density at radius 1 is 1.04 bits per heavy atom. The molecule has 1 saturated heterocycles. The Balaban J connectivity index is 1.11. The summed E-state index contributed by atoms with van der Waals surface area (Å²) >= 11 is 0. The third-order valence-electron chi connectivity index (χ3n) is 6.77. The van der Waals surface area contributed by atoms with Gasteiger partial charge in [-0.05, 0) is 69.5 Å². The SMILES string of the molecule is O=C(N[C@H]1CC[C@H](CCN2CCN(c3ccccn3)CC2)CC1)C1CC=CC1. The van der Waals surface area contributed by atoms with Crippen LogP contribution in [0.15, 0.2) is 36.5 Å². The Bertz CT molecular complexity index is 638. The molecule has 5 nitrogen and oxygen atoms in total. The number of hydrogen-bond acceptors (Lipinski definition) is 4. The molecular weight excluding hydrogens is 348 g/mol. The van der Waals surface area contributed by atoms with Gasteiger partial charge >= 0.3 is 0 Å². The molecule has 0 bridgehead atoms. The number of carbonyl (C=O) groups is 1. The normalized spacial score (nSPS) is 26.5. The summed E-state index contributed by atoms with van der Waals surface area (Å²) in [7, 11) is 0. The molecule has 0 aromatic carbocycles. The average Bonchev–Trinajstić information content (AvgIpc) is 3.29. The number of pyridine rings is 1. The minimum absolute atomic E-state index is 0.197. The predicted molar refractivity (Wildman–Crippen MR) is 113 cm³/mol. The Morgan fingerprint density at radius 3 is 2.46 bits per heavy atom. The highest BCUT2D eigenvalue weighted by Gasteiger charge is 2.26. The van der Waals surface area contributed by atoms with Gasteiger partial charge in [0, 0.05) is 44.3 Å². The summed E-state index contributed by atoms with van der Waals surface area (Å²) in [5.41, 5.74) is 0. The number of nitrogens with one attached hydrogen (secondary N) is 1. The van der Waals surface area contributed by atoms with Crippen molar-refractivity contribution in [2.75, 3.05) is 37.6 Å². The zero-order valence-corrected chi connectivity index (χ0v) is 16.9. The second-order valence-corrected chi connectivity index (χ2v) is 8.67. The van der Waals surface area contributed by atoms with Crippen molar-refractivity contribution in [1.29, 1.82) is 0 Å². The first-order chi connectivity index (χ1) is 13.8. The van der Waals surface area contributed by atoms with Crippen LogP contribution in [0.1, 0.15) is 44.9 Å². The quantitative estimate of drug-likeness (QED) is 0.768. The molecule has 1 aromatic heterocycles. The maximum Gasteiger partial charge on any atom is 0.223 e. The van der Waals surface area contributed by atoms with Crippen LogP contribution in [0.5, 0.6) is 0 Å². The molecule has 0 spiro atoms. The summed E-state index contributed by atoms with van der Waals surface area (Å²) in [4.78, 5) is 21.8. The van der Waals surface area contributed by atoms with Crippen LogP contribution in [0.4, 0.5) is 5.82 Å². The molecule has 152 valence electrons. The van der Waals surface area contributed by atoms with Crippen LogP contribution in [0.3, 0.4) is 0 Å². The fraction of sp³-hybridized carbons (Fsp3) is 0.652. The minimum Gasteiger partial charge on any atom is -0.354 e. The third kappa shape index (κ3) is 5.13. The first-order valence-corrected chi connectivity index (χ1v) is 11.1. The van der Waals surface area contributed by atoms with Crippen molar-refractivity contribution >= 4 is 11.7 Å². The van der Waals surface area contributed by atoms with E-state index in [0.717, 1.165) is 63.6 Å². The van der Waals surface area contributed by atoms with Crippen molar-refractivity contribution in [3.05, 3.63) is 36.5 Å². The molecule has 0 atom stereocenters. The fourth-order valence-electron chi connectivity index (χ4n) is 4.85. The van der Waals surface area contributed by atoms with E-state index >= 15 is 0 Å². The van der Waals surface area contributed by atoms with E-state index in [9.17, 15) is 4.79 Å². The van der Waals surface area contributed by atoms with E-state index < -0.39 is 0 Å². The van der Waals surface area contributed by atoms with Gasteiger partial charge in [0.25, 0.3) is 0 Å². The maximum absolute atomic E-state index is 12.3. The van der Waals surface area contributed by atoms with Crippen molar-refractivity contribution in [3.8, 4) is 0 Å². The van der Waals surface area contributed by atoms with Gasteiger partial charge in [-0.25, -0.2) is 4.98 Å². The van der Waals surface area contributed by atoms with Crippen molar-refractivity contribution in [2.24, 2.45) is 11.8 Å². The molecule has 28 heavy (non-hydrogen) atoms. The molecule has 2 aliphatic carbocycles. The Kier molecular flexibility index (Phi) is 6.63. The van der Waals surface area contributed by atoms with Crippen molar-refractivity contribution in [1.82, 2.24) is 15.2 Å². The Hall–Kier alpha value is -1.88. The number of allylic oxidation sites excluding steroid dienone is 2. The average molecular weight is 383 g/mol. The molecule has 4 rings (SSSR count). The lowest BCUT2D eigenvalue weighted by Crippen LogP contribution is -2.47. The van der Waals surface area contributed by atoms with Crippen LogP contribution in [0.25, 0.3) is 0 Å². The number of anilines is 1. The lowest BCUT2D eigenvalue weighted by Gasteiger charge is -2.36. The van der Waals surface area contributed by atoms with E-state index in [1.807, 2.05) is 12.3 Å². The molecule has 1 amide bonds. The highest BCUT2D eigenvalue weighted by molar-refractivity contribution is 5.79. The largest absolute Gasteiger partial charge is 0.354 e. The van der Waals surface area contributed by atoms with Crippen LogP contribution < -0.4 is 10.2 Å². The number of piperazine rings is 1. The summed E-state index contributed by atoms with van der Waals surface area (Å²) in [6, 6.07) is 6.56. The van der Waals surface area contributed by atoms with Crippen LogP contribution in [0.2, 0.25) is 0 Å². The molecular formula is C23H34N4O. The first kappa shape index (κ1) is 19.4. The molecule has 2 heterocycles. The summed E-state index contributed by atoms with van der Waals surface area (Å²) in [5, 5.41) is 3.31. The van der Waals surface area contributed by atoms with Gasteiger partial charge in [-0.2, -0.15) is 0 Å². The van der Waals surface area contributed by atoms with Crippen molar-refractivity contribution < 1.29 is 4.79 Å². The summed E-state index contributed by atoms with van der Waals surface area (Å²) in [5.74, 6) is 2.41. The number of amides is 1. The molecule has 1 aromatic rings. The molecule has 1 N–H and O–H groups in total. The number of aromatic nitrogens is 1. The summed E-state index contributed by atoms with van der Waals surface area (Å²) in [6.07, 6.45) is 14.2. The summed E-state index contributed by atoms with van der Waals surface area (Å²) < 4.78 is 0. The lowest BCUT2D eigenvalue weighted by atomic mass is 9.83. The van der Waals surface area contributed by atoms with E-state index in [4.69, 9.17) is 0 Å². The molecule has 0 radical (unpaired) electrons. The fourth-order valence-corrected chi connectivity index (χ4v) is 4.85. The van der Waals surface area contributed by atoms with Gasteiger partial charge in [0.15, 0.2) is 0 Å². The van der Waals surface area contributed by atoms with Crippen molar-refractivity contribution in [3.63, 3.8) is 0 Å². The van der Waals surface area contributed by atoms with Gasteiger partial charge in [0.05, 0.1) is 0 Å². The molecule has 1 saturated carbocycles. The highest BCUT2D eigenvalue weighted by Crippen LogP contribution is 2.28. The second kappa shape index (κ2) is 9.55. The van der Waals surface area contributed by atoms with E-state index in [2.05, 4.69) is 44.4 Å². The third-order valence-corrected chi connectivity index (χ3v) is 6.77. The maximum atomic E-state index is 12.3. The van der Waals surface area contributed by atoms with E-state index in [1.54, 1.807) is 0 Å². The Labute approximate surface area is 169 Å². The zero-order chi connectivity index (χ0) is 19.2. The van der Waals surface area contributed by atoms with Gasteiger partial charge in [-0.15, -0.1) is 0 Å². The first-order valence-electron chi connectivity index (χ1n) is 11.1. The standard InChI is InChI=1S/C23H34N4O/c28-23(20-5-1-2-6-20)25-21-10-8-19(9-11-21)12-14-26-15-17-27(18-16-26)22-7-3-4-13-24-22/h1-4,7,13,19-21H,5-6,8-12,14-18H2,(H,25,28)/t19-,21-. The second-order valence-electron chi connectivity index (χ2n) is 8.67. The predicted octanol–water partition coefficient (Wildman–Crippen LogP) is 3.23. The zero-order valence-electron chi connectivity index (χ0n) is 16.9. The van der Waals surface area contributed by atoms with E-state index in [0.29, 0.717) is 6.04 Å². The number of nitrogens with zero attached hydrogens (tertiary/aromatic N) is 3. The highest BCUT2D eigenvalue weighted by atomic mass is 16.1. The van der Waals surface area contributed by atoms with Gasteiger partial charge in [-0.1, -0.05) is 18.2 Å². The monoisotopic (exact) mass is 382 g/mol. The lowest BCUT2D eigenvalue weighted by molar-refractivity contribution is -0.125. The van der Waals surface area contributed by atoms with Gasteiger partial charge in [0.1, 0.15) is 5.82 Å². The van der Waals surface area contributed by atoms with Gasteiger partial charge in [0.2, 0.25) is 5.91 Å². The van der Waals surface area contributed by atoms with Crippen LogP contribution in [-0.4, -0.2) is 54.6 Å². The molecule has 0 unspecified atom stereocenters. The molecule has 2 fully saturated rings. The topological polar surface area (TPSA) is 48.5 Å². The van der Waals surface area contributed by atoms with Gasteiger partial charge in [-0.3, -0.25) is 9.69 Å². The molecule has 3 aliphatic rings.